The monoisotopic (exact) mass is 472 g/mol. The van der Waals surface area contributed by atoms with Gasteiger partial charge in [0.1, 0.15) is 5.82 Å². The van der Waals surface area contributed by atoms with Gasteiger partial charge in [-0.05, 0) is 56.2 Å². The zero-order valence-electron chi connectivity index (χ0n) is 21.1. The second-order valence-corrected chi connectivity index (χ2v) is 8.94. The van der Waals surface area contributed by atoms with Crippen LogP contribution in [0.25, 0.3) is 28.6 Å². The summed E-state index contributed by atoms with van der Waals surface area (Å²) in [5.74, 6) is 0.247. The first-order valence-corrected chi connectivity index (χ1v) is 12.7. The fraction of sp³-hybridized carbons (Fsp3) is 0.355. The number of hydrogen-bond donors (Lipinski definition) is 0. The Morgan fingerprint density at radius 1 is 0.971 bits per heavy atom. The van der Waals surface area contributed by atoms with Crippen LogP contribution in [-0.4, -0.2) is 22.7 Å². The number of hydrogen-bond acceptors (Lipinski definition) is 3. The average Bonchev–Trinajstić information content (AvgIpc) is 2.88. The summed E-state index contributed by atoms with van der Waals surface area (Å²) in [5.41, 5.74) is 4.44. The van der Waals surface area contributed by atoms with Crippen molar-refractivity contribution in [3.63, 3.8) is 0 Å². The van der Waals surface area contributed by atoms with Gasteiger partial charge in [0.15, 0.2) is 5.82 Å². The molecule has 3 aromatic rings. The Morgan fingerprint density at radius 2 is 1.71 bits per heavy atom. The maximum atomic E-state index is 14.7. The van der Waals surface area contributed by atoms with Crippen molar-refractivity contribution >= 4 is 6.08 Å². The number of halogens is 1. The zero-order chi connectivity index (χ0) is 24.9. The molecule has 0 spiro atoms. The number of unbranched alkanes of at least 4 members (excludes halogenated alkanes) is 3. The van der Waals surface area contributed by atoms with Gasteiger partial charge in [0.05, 0.1) is 6.10 Å². The quantitative estimate of drug-likeness (QED) is 0.174. The van der Waals surface area contributed by atoms with Crippen LogP contribution in [-0.2, 0) is 11.2 Å². The molecule has 1 aromatic heterocycles. The molecule has 3 nitrogen and oxygen atoms in total. The minimum absolute atomic E-state index is 0.267. The van der Waals surface area contributed by atoms with Crippen LogP contribution >= 0.6 is 0 Å². The lowest BCUT2D eigenvalue weighted by Crippen LogP contribution is -2.08. The van der Waals surface area contributed by atoms with Crippen molar-refractivity contribution < 1.29 is 9.13 Å². The minimum Gasteiger partial charge on any atom is -0.379 e. The van der Waals surface area contributed by atoms with Crippen molar-refractivity contribution in [1.29, 1.82) is 0 Å². The van der Waals surface area contributed by atoms with E-state index in [4.69, 9.17) is 4.74 Å². The predicted molar refractivity (Wildman–Crippen MR) is 145 cm³/mol. The van der Waals surface area contributed by atoms with Crippen LogP contribution in [0.5, 0.6) is 0 Å². The molecule has 1 unspecified atom stereocenters. The van der Waals surface area contributed by atoms with Gasteiger partial charge in [-0.3, -0.25) is 0 Å². The van der Waals surface area contributed by atoms with Gasteiger partial charge in [-0.25, -0.2) is 14.4 Å². The molecular weight excluding hydrogens is 435 g/mol. The Bertz CT molecular complexity index is 1070. The van der Waals surface area contributed by atoms with E-state index in [-0.39, 0.29) is 11.9 Å². The number of benzene rings is 2. The molecule has 0 aliphatic heterocycles. The first-order chi connectivity index (χ1) is 17.1. The Balaban J connectivity index is 1.51. The molecule has 0 N–H and O–H groups in total. The third kappa shape index (κ3) is 8.56. The summed E-state index contributed by atoms with van der Waals surface area (Å²) in [6.07, 6.45) is 17.0. The van der Waals surface area contributed by atoms with Gasteiger partial charge < -0.3 is 4.74 Å². The van der Waals surface area contributed by atoms with E-state index in [2.05, 4.69) is 54.7 Å². The number of aromatic nitrogens is 2. The van der Waals surface area contributed by atoms with E-state index < -0.39 is 0 Å². The molecule has 0 aliphatic carbocycles. The molecule has 35 heavy (non-hydrogen) atoms. The highest BCUT2D eigenvalue weighted by molar-refractivity contribution is 5.65. The van der Waals surface area contributed by atoms with E-state index in [1.54, 1.807) is 18.5 Å². The van der Waals surface area contributed by atoms with Crippen LogP contribution < -0.4 is 0 Å². The van der Waals surface area contributed by atoms with E-state index in [0.717, 1.165) is 49.8 Å². The second-order valence-electron chi connectivity index (χ2n) is 8.94. The Kier molecular flexibility index (Phi) is 10.8. The van der Waals surface area contributed by atoms with Gasteiger partial charge in [0.2, 0.25) is 0 Å². The smallest absolute Gasteiger partial charge is 0.159 e. The fourth-order valence-electron chi connectivity index (χ4n) is 3.88. The topological polar surface area (TPSA) is 35.0 Å². The van der Waals surface area contributed by atoms with Gasteiger partial charge in [0, 0.05) is 35.7 Å². The van der Waals surface area contributed by atoms with Crippen molar-refractivity contribution in [1.82, 2.24) is 9.97 Å². The Labute approximate surface area is 209 Å². The molecule has 1 atom stereocenters. The van der Waals surface area contributed by atoms with Crippen molar-refractivity contribution in [2.45, 2.75) is 64.9 Å². The van der Waals surface area contributed by atoms with E-state index in [9.17, 15) is 4.39 Å². The van der Waals surface area contributed by atoms with Crippen molar-refractivity contribution in [3.8, 4) is 22.5 Å². The summed E-state index contributed by atoms with van der Waals surface area (Å²) in [5, 5.41) is 0. The summed E-state index contributed by atoms with van der Waals surface area (Å²) in [6.45, 7) is 8.94. The molecule has 3 rings (SSSR count). The molecular formula is C31H37FN2O. The molecule has 0 fully saturated rings. The predicted octanol–water partition coefficient (Wildman–Crippen LogP) is 8.46. The van der Waals surface area contributed by atoms with E-state index in [1.165, 1.54) is 24.5 Å². The summed E-state index contributed by atoms with van der Waals surface area (Å²) in [4.78, 5) is 8.93. The zero-order valence-corrected chi connectivity index (χ0v) is 21.1. The molecule has 0 aliphatic rings. The van der Waals surface area contributed by atoms with Crippen LogP contribution in [0.1, 0.15) is 63.5 Å². The van der Waals surface area contributed by atoms with Crippen LogP contribution in [0.2, 0.25) is 0 Å². The lowest BCUT2D eigenvalue weighted by atomic mass is 10.0. The molecule has 4 heteroatoms. The van der Waals surface area contributed by atoms with Crippen LogP contribution in [0.4, 0.5) is 4.39 Å². The van der Waals surface area contributed by atoms with Crippen LogP contribution in [0.3, 0.4) is 0 Å². The molecule has 0 radical (unpaired) electrons. The largest absolute Gasteiger partial charge is 0.379 e. The van der Waals surface area contributed by atoms with E-state index >= 15 is 0 Å². The lowest BCUT2D eigenvalue weighted by molar-refractivity contribution is 0.0566. The SMILES string of the molecule is C=CCc1ccc(-c2cnc(-c3ccc(/C=C/CCCC(C)OCCCCC)c(F)c3)nc2)cc1. The molecule has 0 amide bonds. The van der Waals surface area contributed by atoms with Crippen LogP contribution in [0, 0.1) is 5.82 Å². The third-order valence-electron chi connectivity index (χ3n) is 6.01. The summed E-state index contributed by atoms with van der Waals surface area (Å²) < 4.78 is 20.5. The Morgan fingerprint density at radius 3 is 2.40 bits per heavy atom. The normalized spacial score (nSPS) is 12.2. The molecule has 184 valence electrons. The van der Waals surface area contributed by atoms with Gasteiger partial charge in [-0.1, -0.05) is 74.4 Å². The molecule has 0 saturated heterocycles. The second kappa shape index (κ2) is 14.3. The summed E-state index contributed by atoms with van der Waals surface area (Å²) in [7, 11) is 0. The van der Waals surface area contributed by atoms with Gasteiger partial charge in [0.25, 0.3) is 0 Å². The van der Waals surface area contributed by atoms with Crippen molar-refractivity contribution in [2.75, 3.05) is 6.61 Å². The standard InChI is InChI=1S/C31H37FN2O/c1-4-6-10-20-35-24(3)12-8-7-9-13-27-18-19-28(21-30(27)32)31-33-22-29(23-34-31)26-16-14-25(11-5-2)15-17-26/h5,9,13-19,21-24H,2,4,6-8,10-12,20H2,1,3H3/b13-9+. The molecule has 0 saturated carbocycles. The van der Waals surface area contributed by atoms with Crippen molar-refractivity contribution in [2.24, 2.45) is 0 Å². The Hall–Kier alpha value is -3.11. The summed E-state index contributed by atoms with van der Waals surface area (Å²) in [6, 6.07) is 13.4. The fourth-order valence-corrected chi connectivity index (χ4v) is 3.88. The first kappa shape index (κ1) is 26.5. The first-order valence-electron chi connectivity index (χ1n) is 12.7. The molecule has 2 aromatic carbocycles. The van der Waals surface area contributed by atoms with E-state index in [1.807, 2.05) is 24.3 Å². The third-order valence-corrected chi connectivity index (χ3v) is 6.01. The highest BCUT2D eigenvalue weighted by atomic mass is 19.1. The number of ether oxygens (including phenoxy) is 1. The minimum atomic E-state index is -0.267. The van der Waals surface area contributed by atoms with Gasteiger partial charge in [-0.15, -0.1) is 6.58 Å². The highest BCUT2D eigenvalue weighted by Gasteiger charge is 2.07. The maximum absolute atomic E-state index is 14.7. The lowest BCUT2D eigenvalue weighted by Gasteiger charge is -2.12. The number of rotatable bonds is 14. The maximum Gasteiger partial charge on any atom is 0.159 e. The number of nitrogens with zero attached hydrogens (tertiary/aromatic N) is 2. The highest BCUT2D eigenvalue weighted by Crippen LogP contribution is 2.23. The summed E-state index contributed by atoms with van der Waals surface area (Å²) >= 11 is 0. The molecule has 1 heterocycles. The molecule has 0 bridgehead atoms. The average molecular weight is 473 g/mol. The number of allylic oxidation sites excluding steroid dienone is 2. The van der Waals surface area contributed by atoms with E-state index in [0.29, 0.717) is 17.0 Å². The van der Waals surface area contributed by atoms with Gasteiger partial charge >= 0.3 is 0 Å². The van der Waals surface area contributed by atoms with Gasteiger partial charge in [-0.2, -0.15) is 0 Å². The van der Waals surface area contributed by atoms with Crippen molar-refractivity contribution in [3.05, 3.63) is 90.5 Å². The van der Waals surface area contributed by atoms with Crippen LogP contribution in [0.15, 0.2) is 73.6 Å².